The number of aliphatic hydroxyl groups excluding tert-OH is 1. The Morgan fingerprint density at radius 1 is 1.56 bits per heavy atom. The third-order valence-electron chi connectivity index (χ3n) is 2.88. The Kier molecular flexibility index (Phi) is 3.10. The number of amides is 1. The Labute approximate surface area is 94.9 Å². The van der Waals surface area contributed by atoms with Crippen molar-refractivity contribution in [1.82, 2.24) is 4.90 Å². The monoisotopic (exact) mass is 220 g/mol. The van der Waals surface area contributed by atoms with Gasteiger partial charge in [-0.05, 0) is 24.1 Å². The zero-order valence-electron chi connectivity index (χ0n) is 9.31. The number of rotatable bonds is 3. The molecule has 0 radical (unpaired) electrons. The summed E-state index contributed by atoms with van der Waals surface area (Å²) in [4.78, 5) is 13.4. The van der Waals surface area contributed by atoms with Crippen LogP contribution < -0.4 is 5.32 Å². The van der Waals surface area contributed by atoms with Gasteiger partial charge in [-0.25, -0.2) is 0 Å². The highest BCUT2D eigenvalue weighted by Gasteiger charge is 2.28. The van der Waals surface area contributed by atoms with Crippen LogP contribution in [0.5, 0.6) is 0 Å². The second-order valence-corrected chi connectivity index (χ2v) is 4.10. The topological polar surface area (TPSA) is 52.6 Å². The van der Waals surface area contributed by atoms with E-state index in [1.807, 2.05) is 31.3 Å². The molecule has 4 nitrogen and oxygen atoms in total. The molecule has 0 spiro atoms. The van der Waals surface area contributed by atoms with E-state index in [1.165, 1.54) is 0 Å². The number of likely N-dealkylation sites (tertiary alicyclic amines) is 1. The van der Waals surface area contributed by atoms with Gasteiger partial charge in [0.2, 0.25) is 5.91 Å². The summed E-state index contributed by atoms with van der Waals surface area (Å²) in [5, 5.41) is 12.2. The predicted octanol–water partition coefficient (Wildman–Crippen LogP) is 0.822. The van der Waals surface area contributed by atoms with Crippen molar-refractivity contribution in [3.63, 3.8) is 0 Å². The Bertz CT molecular complexity index is 392. The summed E-state index contributed by atoms with van der Waals surface area (Å²) in [6.45, 7) is 0.824. The number of nitrogens with one attached hydrogen (secondary N) is 1. The maximum Gasteiger partial charge on any atom is 0.244 e. The van der Waals surface area contributed by atoms with Gasteiger partial charge in [0, 0.05) is 19.3 Å². The van der Waals surface area contributed by atoms with Crippen molar-refractivity contribution in [3.05, 3.63) is 29.8 Å². The van der Waals surface area contributed by atoms with E-state index in [0.717, 1.165) is 24.2 Å². The van der Waals surface area contributed by atoms with Gasteiger partial charge in [0.05, 0.1) is 6.61 Å². The maximum absolute atomic E-state index is 11.7. The van der Waals surface area contributed by atoms with Crippen molar-refractivity contribution in [2.24, 2.45) is 0 Å². The minimum Gasteiger partial charge on any atom is -0.392 e. The molecular weight excluding hydrogens is 204 g/mol. The Morgan fingerprint density at radius 2 is 2.38 bits per heavy atom. The maximum atomic E-state index is 11.7. The van der Waals surface area contributed by atoms with E-state index in [-0.39, 0.29) is 18.6 Å². The molecule has 1 amide bonds. The SMILES string of the molecule is CN1CCC(Nc2cccc(CO)c2)C1=O. The number of carbonyl (C=O) groups is 1. The molecule has 1 heterocycles. The first-order chi connectivity index (χ1) is 7.70. The molecule has 4 heteroatoms. The summed E-state index contributed by atoms with van der Waals surface area (Å²) in [7, 11) is 1.81. The fraction of sp³-hybridized carbons (Fsp3) is 0.417. The Morgan fingerprint density at radius 3 is 3.00 bits per heavy atom. The summed E-state index contributed by atoms with van der Waals surface area (Å²) in [6, 6.07) is 7.38. The fourth-order valence-electron chi connectivity index (χ4n) is 1.92. The van der Waals surface area contributed by atoms with Crippen molar-refractivity contribution in [2.75, 3.05) is 18.9 Å². The molecule has 1 aromatic rings. The number of nitrogens with zero attached hydrogens (tertiary/aromatic N) is 1. The van der Waals surface area contributed by atoms with Gasteiger partial charge in [-0.2, -0.15) is 0 Å². The summed E-state index contributed by atoms with van der Waals surface area (Å²) < 4.78 is 0. The van der Waals surface area contributed by atoms with Crippen molar-refractivity contribution in [3.8, 4) is 0 Å². The van der Waals surface area contributed by atoms with E-state index in [9.17, 15) is 4.79 Å². The minimum absolute atomic E-state index is 0.0219. The number of benzene rings is 1. The van der Waals surface area contributed by atoms with Crippen LogP contribution in [0.4, 0.5) is 5.69 Å². The molecule has 1 fully saturated rings. The van der Waals surface area contributed by atoms with Gasteiger partial charge < -0.3 is 15.3 Å². The average molecular weight is 220 g/mol. The summed E-state index contributed by atoms with van der Waals surface area (Å²) in [5.74, 6) is 0.134. The van der Waals surface area contributed by atoms with Gasteiger partial charge in [0.25, 0.3) is 0 Å². The van der Waals surface area contributed by atoms with Crippen LogP contribution in [0.3, 0.4) is 0 Å². The van der Waals surface area contributed by atoms with Gasteiger partial charge in [-0.1, -0.05) is 12.1 Å². The van der Waals surface area contributed by atoms with Gasteiger partial charge >= 0.3 is 0 Å². The van der Waals surface area contributed by atoms with Crippen LogP contribution in [0.25, 0.3) is 0 Å². The lowest BCUT2D eigenvalue weighted by Crippen LogP contribution is -2.30. The molecule has 0 aromatic heterocycles. The van der Waals surface area contributed by atoms with Gasteiger partial charge in [0.1, 0.15) is 6.04 Å². The molecule has 16 heavy (non-hydrogen) atoms. The third kappa shape index (κ3) is 2.17. The molecule has 2 N–H and O–H groups in total. The molecule has 1 aromatic carbocycles. The summed E-state index contributed by atoms with van der Waals surface area (Å²) in [6.07, 6.45) is 0.832. The van der Waals surface area contributed by atoms with Crippen LogP contribution in [0.2, 0.25) is 0 Å². The van der Waals surface area contributed by atoms with Gasteiger partial charge in [0.15, 0.2) is 0 Å². The number of hydrogen-bond acceptors (Lipinski definition) is 3. The van der Waals surface area contributed by atoms with Crippen LogP contribution in [0.1, 0.15) is 12.0 Å². The average Bonchev–Trinajstić information content (AvgIpc) is 2.61. The molecular formula is C12H16N2O2. The number of likely N-dealkylation sites (N-methyl/N-ethyl adjacent to an activating group) is 1. The highest BCUT2D eigenvalue weighted by Crippen LogP contribution is 2.17. The lowest BCUT2D eigenvalue weighted by molar-refractivity contribution is -0.127. The van der Waals surface area contributed by atoms with Crippen molar-refractivity contribution < 1.29 is 9.90 Å². The highest BCUT2D eigenvalue weighted by atomic mass is 16.3. The minimum atomic E-state index is -0.126. The molecule has 0 saturated carbocycles. The van der Waals surface area contributed by atoms with Crippen LogP contribution in [-0.4, -0.2) is 35.5 Å². The number of carbonyl (C=O) groups excluding carboxylic acids is 1. The van der Waals surface area contributed by atoms with Crippen LogP contribution in [0.15, 0.2) is 24.3 Å². The largest absolute Gasteiger partial charge is 0.392 e. The van der Waals surface area contributed by atoms with Crippen LogP contribution in [-0.2, 0) is 11.4 Å². The van der Waals surface area contributed by atoms with E-state index in [1.54, 1.807) is 4.90 Å². The van der Waals surface area contributed by atoms with E-state index >= 15 is 0 Å². The first-order valence-corrected chi connectivity index (χ1v) is 5.42. The molecule has 1 saturated heterocycles. The Balaban J connectivity index is 2.06. The smallest absolute Gasteiger partial charge is 0.244 e. The molecule has 0 aliphatic carbocycles. The molecule has 2 rings (SSSR count). The van der Waals surface area contributed by atoms with E-state index in [4.69, 9.17) is 5.11 Å². The van der Waals surface area contributed by atoms with E-state index in [2.05, 4.69) is 5.32 Å². The molecule has 1 atom stereocenters. The van der Waals surface area contributed by atoms with Crippen molar-refractivity contribution in [1.29, 1.82) is 0 Å². The van der Waals surface area contributed by atoms with Crippen LogP contribution in [0, 0.1) is 0 Å². The number of aliphatic hydroxyl groups is 1. The second kappa shape index (κ2) is 4.53. The molecule has 0 bridgehead atoms. The lowest BCUT2D eigenvalue weighted by Gasteiger charge is -2.13. The zero-order valence-corrected chi connectivity index (χ0v) is 9.31. The first-order valence-electron chi connectivity index (χ1n) is 5.42. The zero-order chi connectivity index (χ0) is 11.5. The van der Waals surface area contributed by atoms with E-state index < -0.39 is 0 Å². The van der Waals surface area contributed by atoms with Crippen molar-refractivity contribution in [2.45, 2.75) is 19.1 Å². The summed E-state index contributed by atoms with van der Waals surface area (Å²) in [5.41, 5.74) is 1.74. The fourth-order valence-corrected chi connectivity index (χ4v) is 1.92. The number of hydrogen-bond donors (Lipinski definition) is 2. The van der Waals surface area contributed by atoms with E-state index in [0.29, 0.717) is 0 Å². The van der Waals surface area contributed by atoms with Crippen molar-refractivity contribution >= 4 is 11.6 Å². The Hall–Kier alpha value is -1.55. The van der Waals surface area contributed by atoms with Gasteiger partial charge in [-0.15, -0.1) is 0 Å². The standard InChI is InChI=1S/C12H16N2O2/c1-14-6-5-11(12(14)16)13-10-4-2-3-9(7-10)8-15/h2-4,7,11,13,15H,5-6,8H2,1H3. The summed E-state index contributed by atoms with van der Waals surface area (Å²) >= 11 is 0. The predicted molar refractivity (Wildman–Crippen MR) is 62.0 cm³/mol. The highest BCUT2D eigenvalue weighted by molar-refractivity contribution is 5.86. The second-order valence-electron chi connectivity index (χ2n) is 4.10. The first kappa shape index (κ1) is 11.0. The number of anilines is 1. The molecule has 1 aliphatic heterocycles. The molecule has 1 aliphatic rings. The normalized spacial score (nSPS) is 20.2. The third-order valence-corrected chi connectivity index (χ3v) is 2.88. The molecule has 86 valence electrons. The van der Waals surface area contributed by atoms with Gasteiger partial charge in [-0.3, -0.25) is 4.79 Å². The van der Waals surface area contributed by atoms with Crippen LogP contribution >= 0.6 is 0 Å². The lowest BCUT2D eigenvalue weighted by atomic mass is 10.2. The molecule has 1 unspecified atom stereocenters. The quantitative estimate of drug-likeness (QED) is 0.793.